The number of sulfonamides is 1. The van der Waals surface area contributed by atoms with Gasteiger partial charge in [-0.15, -0.1) is 0 Å². The smallest absolute Gasteiger partial charge is 0.246 e. The summed E-state index contributed by atoms with van der Waals surface area (Å²) >= 11 is 0. The van der Waals surface area contributed by atoms with Crippen LogP contribution in [0.5, 0.6) is 0 Å². The fraction of sp³-hybridized carbons (Fsp3) is 0.636. The Bertz CT molecular complexity index is 503. The molecule has 1 aliphatic rings. The third kappa shape index (κ3) is 2.25. The van der Waals surface area contributed by atoms with Crippen molar-refractivity contribution in [3.63, 3.8) is 0 Å². The molecule has 0 unspecified atom stereocenters. The highest BCUT2D eigenvalue weighted by Gasteiger charge is 2.38. The first kappa shape index (κ1) is 12.6. The largest absolute Gasteiger partial charge is 0.464 e. The third-order valence-electron chi connectivity index (χ3n) is 2.98. The summed E-state index contributed by atoms with van der Waals surface area (Å²) in [5, 5.41) is 0. The van der Waals surface area contributed by atoms with Gasteiger partial charge in [0.1, 0.15) is 16.4 Å². The molecule has 2 N–H and O–H groups in total. The van der Waals surface area contributed by atoms with E-state index < -0.39 is 10.0 Å². The van der Waals surface area contributed by atoms with E-state index in [0.717, 1.165) is 12.8 Å². The van der Waals surface area contributed by atoms with Gasteiger partial charge < -0.3 is 10.2 Å². The van der Waals surface area contributed by atoms with Crippen molar-refractivity contribution in [3.05, 3.63) is 17.6 Å². The average Bonchev–Trinajstić information content (AvgIpc) is 3.01. The van der Waals surface area contributed by atoms with Gasteiger partial charge >= 0.3 is 0 Å². The van der Waals surface area contributed by atoms with Gasteiger partial charge in [-0.3, -0.25) is 0 Å². The number of nitrogens with zero attached hydrogens (tertiary/aromatic N) is 1. The zero-order chi connectivity index (χ0) is 12.6. The predicted molar refractivity (Wildman–Crippen MR) is 63.9 cm³/mol. The van der Waals surface area contributed by atoms with Crippen LogP contribution in [-0.2, 0) is 16.6 Å². The van der Waals surface area contributed by atoms with Crippen LogP contribution in [0.15, 0.2) is 15.4 Å². The van der Waals surface area contributed by atoms with Crippen molar-refractivity contribution in [2.75, 3.05) is 6.54 Å². The monoisotopic (exact) mass is 258 g/mol. The molecule has 0 atom stereocenters. The molecular weight excluding hydrogens is 240 g/mol. The van der Waals surface area contributed by atoms with Crippen molar-refractivity contribution in [1.29, 1.82) is 0 Å². The summed E-state index contributed by atoms with van der Waals surface area (Å²) in [6.45, 7) is 4.23. The zero-order valence-corrected chi connectivity index (χ0v) is 11.0. The number of aryl methyl sites for hydroxylation is 1. The first-order valence-corrected chi connectivity index (χ1v) is 7.26. The van der Waals surface area contributed by atoms with Crippen molar-refractivity contribution >= 4 is 10.0 Å². The second-order valence-corrected chi connectivity index (χ2v) is 6.14. The van der Waals surface area contributed by atoms with Crippen LogP contribution in [0, 0.1) is 6.92 Å². The van der Waals surface area contributed by atoms with Crippen LogP contribution in [0.4, 0.5) is 0 Å². The SMILES string of the molecule is CCN(C1CC1)S(=O)(=O)c1cc(CN)oc1C. The second kappa shape index (κ2) is 4.44. The molecular formula is C11H18N2O3S. The summed E-state index contributed by atoms with van der Waals surface area (Å²) < 4.78 is 31.7. The van der Waals surface area contributed by atoms with E-state index in [9.17, 15) is 8.42 Å². The standard InChI is InChI=1S/C11H18N2O3S/c1-3-13(9-4-5-9)17(14,15)11-6-10(7-12)16-8(11)2/h6,9H,3-5,7,12H2,1-2H3. The first-order chi connectivity index (χ1) is 8.00. The van der Waals surface area contributed by atoms with E-state index in [1.54, 1.807) is 11.2 Å². The molecule has 2 rings (SSSR count). The molecule has 96 valence electrons. The number of nitrogens with two attached hydrogens (primary N) is 1. The Kier molecular flexibility index (Phi) is 3.29. The van der Waals surface area contributed by atoms with E-state index in [4.69, 9.17) is 10.2 Å². The topological polar surface area (TPSA) is 76.5 Å². The fourth-order valence-electron chi connectivity index (χ4n) is 1.99. The van der Waals surface area contributed by atoms with Crippen LogP contribution in [0.25, 0.3) is 0 Å². The van der Waals surface area contributed by atoms with Crippen molar-refractivity contribution in [2.45, 2.75) is 44.2 Å². The Morgan fingerprint density at radius 1 is 1.53 bits per heavy atom. The van der Waals surface area contributed by atoms with Gasteiger partial charge in [0.15, 0.2) is 0 Å². The van der Waals surface area contributed by atoms with Gasteiger partial charge in [0, 0.05) is 18.7 Å². The van der Waals surface area contributed by atoms with Gasteiger partial charge in [-0.1, -0.05) is 6.92 Å². The van der Waals surface area contributed by atoms with Crippen molar-refractivity contribution in [1.82, 2.24) is 4.31 Å². The van der Waals surface area contributed by atoms with E-state index >= 15 is 0 Å². The van der Waals surface area contributed by atoms with Crippen LogP contribution in [0.1, 0.15) is 31.3 Å². The molecule has 1 aliphatic carbocycles. The lowest BCUT2D eigenvalue weighted by atomic mass is 10.4. The minimum atomic E-state index is -3.42. The Balaban J connectivity index is 2.39. The Morgan fingerprint density at radius 2 is 2.18 bits per heavy atom. The van der Waals surface area contributed by atoms with E-state index in [1.165, 1.54) is 6.07 Å². The lowest BCUT2D eigenvalue weighted by Gasteiger charge is -2.19. The Morgan fingerprint density at radius 3 is 2.59 bits per heavy atom. The van der Waals surface area contributed by atoms with Crippen LogP contribution in [-0.4, -0.2) is 25.3 Å². The minimum absolute atomic E-state index is 0.167. The van der Waals surface area contributed by atoms with Gasteiger partial charge in [-0.25, -0.2) is 8.42 Å². The predicted octanol–water partition coefficient (Wildman–Crippen LogP) is 1.22. The quantitative estimate of drug-likeness (QED) is 0.861. The summed E-state index contributed by atoms with van der Waals surface area (Å²) in [7, 11) is -3.42. The molecule has 1 heterocycles. The number of rotatable bonds is 5. The summed E-state index contributed by atoms with van der Waals surface area (Å²) in [4.78, 5) is 0.256. The van der Waals surface area contributed by atoms with Gasteiger partial charge in [0.2, 0.25) is 10.0 Å². The number of hydrogen-bond acceptors (Lipinski definition) is 4. The molecule has 0 aliphatic heterocycles. The summed E-state index contributed by atoms with van der Waals surface area (Å²) in [5.74, 6) is 0.928. The molecule has 0 aromatic carbocycles. The highest BCUT2D eigenvalue weighted by atomic mass is 32.2. The third-order valence-corrected chi connectivity index (χ3v) is 5.11. The van der Waals surface area contributed by atoms with Gasteiger partial charge in [-0.2, -0.15) is 4.31 Å². The minimum Gasteiger partial charge on any atom is -0.464 e. The Labute approximate surface area is 102 Å². The van der Waals surface area contributed by atoms with Crippen molar-refractivity contribution in [2.24, 2.45) is 5.73 Å². The molecule has 1 saturated carbocycles. The average molecular weight is 258 g/mol. The molecule has 1 fully saturated rings. The maximum Gasteiger partial charge on any atom is 0.246 e. The molecule has 0 bridgehead atoms. The van der Waals surface area contributed by atoms with Crippen LogP contribution < -0.4 is 5.73 Å². The molecule has 1 aromatic heterocycles. The van der Waals surface area contributed by atoms with Crippen LogP contribution >= 0.6 is 0 Å². The maximum atomic E-state index is 12.4. The summed E-state index contributed by atoms with van der Waals surface area (Å²) in [6, 6.07) is 1.70. The molecule has 1 aromatic rings. The zero-order valence-electron chi connectivity index (χ0n) is 10.1. The van der Waals surface area contributed by atoms with Crippen molar-refractivity contribution in [3.8, 4) is 0 Å². The molecule has 17 heavy (non-hydrogen) atoms. The molecule has 6 heteroatoms. The number of hydrogen-bond donors (Lipinski definition) is 1. The molecule has 0 saturated heterocycles. The maximum absolute atomic E-state index is 12.4. The van der Waals surface area contributed by atoms with E-state index in [1.807, 2.05) is 6.92 Å². The normalized spacial score (nSPS) is 16.7. The Hall–Kier alpha value is -0.850. The van der Waals surface area contributed by atoms with E-state index in [2.05, 4.69) is 0 Å². The van der Waals surface area contributed by atoms with Gasteiger partial charge in [-0.05, 0) is 19.8 Å². The number of furan rings is 1. The van der Waals surface area contributed by atoms with E-state index in [0.29, 0.717) is 18.1 Å². The van der Waals surface area contributed by atoms with E-state index in [-0.39, 0.29) is 17.5 Å². The van der Waals surface area contributed by atoms with Crippen molar-refractivity contribution < 1.29 is 12.8 Å². The lowest BCUT2D eigenvalue weighted by Crippen LogP contribution is -2.33. The first-order valence-electron chi connectivity index (χ1n) is 5.82. The summed E-state index contributed by atoms with van der Waals surface area (Å²) in [5.41, 5.74) is 5.45. The highest BCUT2D eigenvalue weighted by Crippen LogP contribution is 2.33. The lowest BCUT2D eigenvalue weighted by molar-refractivity contribution is 0.418. The molecule has 0 spiro atoms. The highest BCUT2D eigenvalue weighted by molar-refractivity contribution is 7.89. The van der Waals surface area contributed by atoms with Crippen LogP contribution in [0.2, 0.25) is 0 Å². The van der Waals surface area contributed by atoms with Crippen LogP contribution in [0.3, 0.4) is 0 Å². The van der Waals surface area contributed by atoms with Gasteiger partial charge in [0.05, 0.1) is 6.54 Å². The molecule has 0 radical (unpaired) electrons. The second-order valence-electron chi connectivity index (χ2n) is 4.28. The molecule has 0 amide bonds. The molecule has 5 nitrogen and oxygen atoms in total. The fourth-order valence-corrected chi connectivity index (χ4v) is 3.88. The summed E-state index contributed by atoms with van der Waals surface area (Å²) in [6.07, 6.45) is 1.90. The van der Waals surface area contributed by atoms with Gasteiger partial charge in [0.25, 0.3) is 0 Å².